The first-order valence-corrected chi connectivity index (χ1v) is 6.57. The lowest BCUT2D eigenvalue weighted by atomic mass is 10.0. The molecule has 1 aromatic rings. The van der Waals surface area contributed by atoms with Crippen LogP contribution in [0.5, 0.6) is 0 Å². The van der Waals surface area contributed by atoms with E-state index in [-0.39, 0.29) is 18.4 Å². The first-order valence-electron chi connectivity index (χ1n) is 5.82. The Kier molecular flexibility index (Phi) is 6.12. The van der Waals surface area contributed by atoms with Gasteiger partial charge in [-0.2, -0.15) is 0 Å². The predicted octanol–water partition coefficient (Wildman–Crippen LogP) is 2.91. The minimum absolute atomic E-state index is 0.0108. The first-order chi connectivity index (χ1) is 8.90. The summed E-state index contributed by atoms with van der Waals surface area (Å²) in [5.74, 6) is -1.10. The Bertz CT molecular complexity index is 477. The van der Waals surface area contributed by atoms with Crippen molar-refractivity contribution in [1.29, 1.82) is 0 Å². The number of halogens is 2. The monoisotopic (exact) mass is 303 g/mol. The van der Waals surface area contributed by atoms with Crippen LogP contribution in [0.3, 0.4) is 0 Å². The summed E-state index contributed by atoms with van der Waals surface area (Å²) < 4.78 is 0. The van der Waals surface area contributed by atoms with Crippen LogP contribution in [-0.2, 0) is 16.0 Å². The highest BCUT2D eigenvalue weighted by Gasteiger charge is 2.15. The minimum Gasteiger partial charge on any atom is -0.481 e. The Balaban J connectivity index is 2.78. The van der Waals surface area contributed by atoms with Gasteiger partial charge in [0.2, 0.25) is 5.91 Å². The van der Waals surface area contributed by atoms with Gasteiger partial charge in [-0.05, 0) is 24.5 Å². The highest BCUT2D eigenvalue weighted by molar-refractivity contribution is 6.42. The van der Waals surface area contributed by atoms with E-state index in [9.17, 15) is 9.59 Å². The number of hydrogen-bond acceptors (Lipinski definition) is 2. The van der Waals surface area contributed by atoms with E-state index in [1.807, 2.05) is 6.07 Å². The highest BCUT2D eigenvalue weighted by Crippen LogP contribution is 2.26. The topological polar surface area (TPSA) is 66.4 Å². The van der Waals surface area contributed by atoms with Crippen LogP contribution in [0.4, 0.5) is 0 Å². The van der Waals surface area contributed by atoms with Crippen molar-refractivity contribution in [3.8, 4) is 0 Å². The number of benzene rings is 1. The average molecular weight is 304 g/mol. The Labute approximate surface area is 121 Å². The summed E-state index contributed by atoms with van der Waals surface area (Å²) in [6.07, 6.45) is 0.785. The van der Waals surface area contributed by atoms with Crippen molar-refractivity contribution in [2.24, 2.45) is 0 Å². The fraction of sp³-hybridized carbons (Fsp3) is 0.385. The zero-order valence-electron chi connectivity index (χ0n) is 10.5. The Hall–Kier alpha value is -1.26. The molecule has 0 bridgehead atoms. The zero-order valence-corrected chi connectivity index (χ0v) is 12.0. The molecule has 0 aliphatic heterocycles. The molecule has 0 spiro atoms. The van der Waals surface area contributed by atoms with E-state index in [1.165, 1.54) is 6.92 Å². The van der Waals surface area contributed by atoms with Crippen LogP contribution in [-0.4, -0.2) is 23.0 Å². The van der Waals surface area contributed by atoms with Crippen molar-refractivity contribution in [3.05, 3.63) is 33.8 Å². The molecule has 0 aliphatic carbocycles. The fourth-order valence-electron chi connectivity index (χ4n) is 1.78. The lowest BCUT2D eigenvalue weighted by Gasteiger charge is -2.18. The molecule has 104 valence electrons. The standard InChI is InChI=1S/C13H15Cl2NO3/c1-8(17)16-10(5-6-12(18)19)7-9-3-2-4-11(14)13(9)15/h2-4,10H,5-7H2,1H3,(H,16,17)(H,18,19). The maximum Gasteiger partial charge on any atom is 0.303 e. The maximum atomic E-state index is 11.1. The molecule has 0 saturated heterocycles. The summed E-state index contributed by atoms with van der Waals surface area (Å²) in [6.45, 7) is 1.40. The van der Waals surface area contributed by atoms with Crippen LogP contribution >= 0.6 is 23.2 Å². The highest BCUT2D eigenvalue weighted by atomic mass is 35.5. The largest absolute Gasteiger partial charge is 0.481 e. The molecule has 0 aliphatic rings. The second-order valence-corrected chi connectivity index (χ2v) is 5.03. The summed E-state index contributed by atoms with van der Waals surface area (Å²) in [7, 11) is 0. The van der Waals surface area contributed by atoms with Gasteiger partial charge in [0.25, 0.3) is 0 Å². The number of hydrogen-bond donors (Lipinski definition) is 2. The van der Waals surface area contributed by atoms with Crippen molar-refractivity contribution in [3.63, 3.8) is 0 Å². The number of nitrogens with one attached hydrogen (secondary N) is 1. The zero-order chi connectivity index (χ0) is 14.4. The molecule has 1 aromatic carbocycles. The van der Waals surface area contributed by atoms with Crippen molar-refractivity contribution in [1.82, 2.24) is 5.32 Å². The van der Waals surface area contributed by atoms with Gasteiger partial charge < -0.3 is 10.4 Å². The van der Waals surface area contributed by atoms with E-state index < -0.39 is 5.97 Å². The number of aliphatic carboxylic acids is 1. The van der Waals surface area contributed by atoms with Gasteiger partial charge in [-0.1, -0.05) is 35.3 Å². The quantitative estimate of drug-likeness (QED) is 0.849. The van der Waals surface area contributed by atoms with Gasteiger partial charge in [0, 0.05) is 19.4 Å². The van der Waals surface area contributed by atoms with Gasteiger partial charge in [0.05, 0.1) is 10.0 Å². The van der Waals surface area contributed by atoms with Crippen LogP contribution in [0, 0.1) is 0 Å². The van der Waals surface area contributed by atoms with E-state index in [0.717, 1.165) is 5.56 Å². The smallest absolute Gasteiger partial charge is 0.303 e. The molecule has 0 heterocycles. The second-order valence-electron chi connectivity index (χ2n) is 4.25. The Morgan fingerprint density at radius 3 is 2.63 bits per heavy atom. The molecule has 1 atom stereocenters. The normalized spacial score (nSPS) is 11.9. The van der Waals surface area contributed by atoms with Crippen molar-refractivity contribution < 1.29 is 14.7 Å². The third kappa shape index (κ3) is 5.49. The van der Waals surface area contributed by atoms with Crippen molar-refractivity contribution in [2.75, 3.05) is 0 Å². The number of rotatable bonds is 6. The maximum absolute atomic E-state index is 11.1. The molecule has 4 nitrogen and oxygen atoms in total. The van der Waals surface area contributed by atoms with Gasteiger partial charge in [0.15, 0.2) is 0 Å². The summed E-state index contributed by atoms with van der Waals surface area (Å²) in [5, 5.41) is 12.3. The lowest BCUT2D eigenvalue weighted by molar-refractivity contribution is -0.137. The molecular formula is C13H15Cl2NO3. The number of carboxylic acid groups (broad SMARTS) is 1. The van der Waals surface area contributed by atoms with E-state index in [2.05, 4.69) is 5.32 Å². The number of carboxylic acids is 1. The fourth-order valence-corrected chi connectivity index (χ4v) is 2.18. The van der Waals surface area contributed by atoms with E-state index in [0.29, 0.717) is 22.9 Å². The van der Waals surface area contributed by atoms with E-state index in [1.54, 1.807) is 12.1 Å². The summed E-state index contributed by atoms with van der Waals surface area (Å²) in [6, 6.07) is 4.98. The molecule has 0 saturated carbocycles. The first kappa shape index (κ1) is 15.8. The molecule has 0 radical (unpaired) electrons. The molecule has 1 unspecified atom stereocenters. The van der Waals surface area contributed by atoms with Crippen LogP contribution in [0.15, 0.2) is 18.2 Å². The molecule has 1 rings (SSSR count). The molecule has 1 amide bonds. The molecule has 19 heavy (non-hydrogen) atoms. The Morgan fingerprint density at radius 1 is 1.37 bits per heavy atom. The second kappa shape index (κ2) is 7.36. The third-order valence-corrected chi connectivity index (χ3v) is 3.47. The third-order valence-electron chi connectivity index (χ3n) is 2.61. The van der Waals surface area contributed by atoms with Gasteiger partial charge in [-0.3, -0.25) is 9.59 Å². The van der Waals surface area contributed by atoms with Gasteiger partial charge in [0.1, 0.15) is 0 Å². The Morgan fingerprint density at radius 2 is 2.05 bits per heavy atom. The van der Waals surface area contributed by atoms with Crippen molar-refractivity contribution >= 4 is 35.1 Å². The number of carbonyl (C=O) groups is 2. The predicted molar refractivity (Wildman–Crippen MR) is 74.6 cm³/mol. The van der Waals surface area contributed by atoms with Crippen LogP contribution in [0.2, 0.25) is 10.0 Å². The van der Waals surface area contributed by atoms with E-state index >= 15 is 0 Å². The van der Waals surface area contributed by atoms with Gasteiger partial charge in [-0.15, -0.1) is 0 Å². The average Bonchev–Trinajstić information content (AvgIpc) is 2.31. The number of amides is 1. The number of carbonyl (C=O) groups excluding carboxylic acids is 1. The van der Waals surface area contributed by atoms with Crippen LogP contribution < -0.4 is 5.32 Å². The van der Waals surface area contributed by atoms with Crippen LogP contribution in [0.25, 0.3) is 0 Å². The van der Waals surface area contributed by atoms with Gasteiger partial charge in [-0.25, -0.2) is 0 Å². The minimum atomic E-state index is -0.896. The summed E-state index contributed by atoms with van der Waals surface area (Å²) in [5.41, 5.74) is 0.790. The SMILES string of the molecule is CC(=O)NC(CCC(=O)O)Cc1cccc(Cl)c1Cl. The summed E-state index contributed by atoms with van der Waals surface area (Å²) in [4.78, 5) is 21.7. The lowest BCUT2D eigenvalue weighted by Crippen LogP contribution is -2.35. The summed E-state index contributed by atoms with van der Waals surface area (Å²) >= 11 is 12.0. The van der Waals surface area contributed by atoms with Gasteiger partial charge >= 0.3 is 5.97 Å². The molecule has 0 fully saturated rings. The molecule has 6 heteroatoms. The molecule has 0 aromatic heterocycles. The van der Waals surface area contributed by atoms with E-state index in [4.69, 9.17) is 28.3 Å². The van der Waals surface area contributed by atoms with Crippen LogP contribution in [0.1, 0.15) is 25.3 Å². The molecular weight excluding hydrogens is 289 g/mol. The van der Waals surface area contributed by atoms with Crippen molar-refractivity contribution in [2.45, 2.75) is 32.2 Å². The molecule has 2 N–H and O–H groups in total.